The summed E-state index contributed by atoms with van der Waals surface area (Å²) in [6.45, 7) is 2.94. The fourth-order valence-corrected chi connectivity index (χ4v) is 3.15. The molecule has 0 aliphatic carbocycles. The number of benzene rings is 1. The summed E-state index contributed by atoms with van der Waals surface area (Å²) in [6.07, 6.45) is 8.50. The maximum Gasteiger partial charge on any atom is 0.356 e. The average Bonchev–Trinajstić information content (AvgIpc) is 2.88. The largest absolute Gasteiger partial charge is 0.494 e. The summed E-state index contributed by atoms with van der Waals surface area (Å²) in [4.78, 5) is 11.7. The molecule has 1 aromatic carbocycles. The molecule has 126 valence electrons. The second kappa shape index (κ2) is 8.61. The molecule has 0 atom stereocenters. The summed E-state index contributed by atoms with van der Waals surface area (Å²) in [6, 6.07) is 7.73. The molecule has 1 N–H and O–H groups in total. The lowest BCUT2D eigenvalue weighted by molar-refractivity contribution is 0.0681. The average molecular weight is 317 g/mol. The number of aryl methyl sites for hydroxylation is 1. The smallest absolute Gasteiger partial charge is 0.356 e. The minimum Gasteiger partial charge on any atom is -0.494 e. The zero-order chi connectivity index (χ0) is 16.7. The maximum absolute atomic E-state index is 11.7. The molecule has 1 aromatic heterocycles. The number of aromatic nitrogens is 1. The molecule has 4 heteroatoms. The number of carbonyl (C=O) groups is 1. The van der Waals surface area contributed by atoms with Gasteiger partial charge in [0.2, 0.25) is 0 Å². The zero-order valence-corrected chi connectivity index (χ0v) is 14.2. The van der Waals surface area contributed by atoms with Crippen molar-refractivity contribution in [1.82, 2.24) is 4.57 Å². The van der Waals surface area contributed by atoms with Gasteiger partial charge in [0.25, 0.3) is 0 Å². The summed E-state index contributed by atoms with van der Waals surface area (Å²) in [7, 11) is 1.53. The van der Waals surface area contributed by atoms with Crippen molar-refractivity contribution in [1.29, 1.82) is 0 Å². The molecule has 23 heavy (non-hydrogen) atoms. The summed E-state index contributed by atoms with van der Waals surface area (Å²) in [5.41, 5.74) is 1.20. The van der Waals surface area contributed by atoms with E-state index in [4.69, 9.17) is 4.74 Å². The number of aromatic carboxylic acids is 1. The number of methoxy groups -OCH3 is 1. The Bertz CT molecular complexity index is 645. The van der Waals surface area contributed by atoms with Gasteiger partial charge >= 0.3 is 5.97 Å². The van der Waals surface area contributed by atoms with Gasteiger partial charge in [0.1, 0.15) is 0 Å². The van der Waals surface area contributed by atoms with Crippen LogP contribution in [0.15, 0.2) is 24.3 Å². The molecule has 0 radical (unpaired) electrons. The number of hydrogen-bond donors (Lipinski definition) is 1. The van der Waals surface area contributed by atoms with Crippen molar-refractivity contribution in [3.63, 3.8) is 0 Å². The van der Waals surface area contributed by atoms with E-state index in [9.17, 15) is 9.90 Å². The second-order valence-corrected chi connectivity index (χ2v) is 5.98. The van der Waals surface area contributed by atoms with Gasteiger partial charge in [-0.15, -0.1) is 0 Å². The zero-order valence-electron chi connectivity index (χ0n) is 14.2. The van der Waals surface area contributed by atoms with E-state index in [0.717, 1.165) is 30.3 Å². The molecule has 0 amide bonds. The van der Waals surface area contributed by atoms with E-state index in [1.807, 2.05) is 28.8 Å². The quantitative estimate of drug-likeness (QED) is 0.620. The standard InChI is InChI=1S/C19H27NO3/c1-3-4-5-6-7-8-11-14-20-16-13-10-9-12-15(16)18(23-2)17(20)19(21)22/h9-10,12-13H,3-8,11,14H2,1-2H3,(H,21,22). The highest BCUT2D eigenvalue weighted by Crippen LogP contribution is 2.33. The van der Waals surface area contributed by atoms with Crippen molar-refractivity contribution in [3.8, 4) is 5.75 Å². The van der Waals surface area contributed by atoms with Crippen molar-refractivity contribution in [2.75, 3.05) is 7.11 Å². The van der Waals surface area contributed by atoms with Gasteiger partial charge in [-0.25, -0.2) is 4.79 Å². The third-order valence-corrected chi connectivity index (χ3v) is 4.32. The number of carboxylic acids is 1. The van der Waals surface area contributed by atoms with Crippen LogP contribution in [0.3, 0.4) is 0 Å². The summed E-state index contributed by atoms with van der Waals surface area (Å²) in [5, 5.41) is 10.4. The third-order valence-electron chi connectivity index (χ3n) is 4.32. The monoisotopic (exact) mass is 317 g/mol. The SMILES string of the molecule is CCCCCCCCCn1c(C(=O)O)c(OC)c2ccccc21. The molecule has 4 nitrogen and oxygen atoms in total. The van der Waals surface area contributed by atoms with Crippen LogP contribution < -0.4 is 4.74 Å². The Hall–Kier alpha value is -1.97. The normalized spacial score (nSPS) is 11.0. The van der Waals surface area contributed by atoms with Crippen molar-refractivity contribution in [3.05, 3.63) is 30.0 Å². The van der Waals surface area contributed by atoms with Crippen LogP contribution in [0.1, 0.15) is 62.4 Å². The fourth-order valence-electron chi connectivity index (χ4n) is 3.15. The van der Waals surface area contributed by atoms with Crippen molar-refractivity contribution in [2.45, 2.75) is 58.4 Å². The fraction of sp³-hybridized carbons (Fsp3) is 0.526. The molecule has 1 heterocycles. The lowest BCUT2D eigenvalue weighted by Crippen LogP contribution is -2.10. The Morgan fingerprint density at radius 2 is 1.74 bits per heavy atom. The first kappa shape index (κ1) is 17.4. The van der Waals surface area contributed by atoms with E-state index in [1.165, 1.54) is 39.2 Å². The van der Waals surface area contributed by atoms with Gasteiger partial charge in [-0.1, -0.05) is 57.6 Å². The molecule has 0 saturated heterocycles. The van der Waals surface area contributed by atoms with Crippen LogP contribution in [0.2, 0.25) is 0 Å². The molecule has 0 spiro atoms. The van der Waals surface area contributed by atoms with Crippen LogP contribution in [0.25, 0.3) is 10.9 Å². The van der Waals surface area contributed by atoms with Crippen molar-refractivity contribution in [2.24, 2.45) is 0 Å². The molecule has 0 bridgehead atoms. The Labute approximate surface area is 138 Å². The summed E-state index contributed by atoms with van der Waals surface area (Å²) < 4.78 is 7.26. The van der Waals surface area contributed by atoms with Crippen molar-refractivity contribution < 1.29 is 14.6 Å². The molecule has 0 saturated carbocycles. The molecular formula is C19H27NO3. The number of hydrogen-bond acceptors (Lipinski definition) is 2. The van der Waals surface area contributed by atoms with Gasteiger partial charge in [-0.3, -0.25) is 0 Å². The van der Waals surface area contributed by atoms with Crippen LogP contribution >= 0.6 is 0 Å². The molecule has 0 unspecified atom stereocenters. The number of fused-ring (bicyclic) bond motifs is 1. The Kier molecular flexibility index (Phi) is 6.51. The first-order valence-corrected chi connectivity index (χ1v) is 8.59. The molecule has 0 fully saturated rings. The van der Waals surface area contributed by atoms with E-state index in [-0.39, 0.29) is 5.69 Å². The van der Waals surface area contributed by atoms with Crippen LogP contribution in [-0.4, -0.2) is 22.8 Å². The highest BCUT2D eigenvalue weighted by atomic mass is 16.5. The molecular weight excluding hydrogens is 290 g/mol. The highest BCUT2D eigenvalue weighted by Gasteiger charge is 2.22. The van der Waals surface area contributed by atoms with Gasteiger partial charge in [0.15, 0.2) is 11.4 Å². The topological polar surface area (TPSA) is 51.5 Å². The van der Waals surface area contributed by atoms with E-state index in [0.29, 0.717) is 5.75 Å². The number of rotatable bonds is 10. The van der Waals surface area contributed by atoms with Crippen LogP contribution in [0.4, 0.5) is 0 Å². The summed E-state index contributed by atoms with van der Waals surface area (Å²) >= 11 is 0. The van der Waals surface area contributed by atoms with Crippen LogP contribution in [0, 0.1) is 0 Å². The number of para-hydroxylation sites is 1. The van der Waals surface area contributed by atoms with Crippen molar-refractivity contribution >= 4 is 16.9 Å². The number of unbranched alkanes of at least 4 members (excludes halogenated alkanes) is 6. The number of nitrogens with zero attached hydrogens (tertiary/aromatic N) is 1. The lowest BCUT2D eigenvalue weighted by Gasteiger charge is -2.08. The molecule has 0 aliphatic rings. The molecule has 2 rings (SSSR count). The van der Waals surface area contributed by atoms with Crippen LogP contribution in [-0.2, 0) is 6.54 Å². The Morgan fingerprint density at radius 1 is 1.09 bits per heavy atom. The number of carboxylic acid groups (broad SMARTS) is 1. The second-order valence-electron chi connectivity index (χ2n) is 5.98. The maximum atomic E-state index is 11.7. The van der Waals surface area contributed by atoms with Gasteiger partial charge < -0.3 is 14.4 Å². The van der Waals surface area contributed by atoms with Gasteiger partial charge in [-0.05, 0) is 18.6 Å². The van der Waals surface area contributed by atoms with E-state index in [2.05, 4.69) is 6.92 Å². The molecule has 0 aliphatic heterocycles. The highest BCUT2D eigenvalue weighted by molar-refractivity contribution is 6.01. The lowest BCUT2D eigenvalue weighted by atomic mass is 10.1. The van der Waals surface area contributed by atoms with Gasteiger partial charge in [0, 0.05) is 11.9 Å². The van der Waals surface area contributed by atoms with Crippen LogP contribution in [0.5, 0.6) is 5.75 Å². The van der Waals surface area contributed by atoms with Gasteiger partial charge in [0.05, 0.1) is 12.6 Å². The van der Waals surface area contributed by atoms with E-state index < -0.39 is 5.97 Å². The Morgan fingerprint density at radius 3 is 2.39 bits per heavy atom. The summed E-state index contributed by atoms with van der Waals surface area (Å²) in [5.74, 6) is -0.461. The minimum atomic E-state index is -0.930. The van der Waals surface area contributed by atoms with E-state index >= 15 is 0 Å². The first-order valence-electron chi connectivity index (χ1n) is 8.59. The minimum absolute atomic E-state index is 0.264. The van der Waals surface area contributed by atoms with Gasteiger partial charge in [-0.2, -0.15) is 0 Å². The first-order chi connectivity index (χ1) is 11.2. The molecule has 2 aromatic rings. The third kappa shape index (κ3) is 4.06. The Balaban J connectivity index is 2.10. The predicted octanol–water partition coefficient (Wildman–Crippen LogP) is 5.10. The predicted molar refractivity (Wildman–Crippen MR) is 93.4 cm³/mol. The van der Waals surface area contributed by atoms with E-state index in [1.54, 1.807) is 0 Å². The number of ether oxygens (including phenoxy) is 1.